The fourth-order valence-electron chi connectivity index (χ4n) is 3.51. The highest BCUT2D eigenvalue weighted by Gasteiger charge is 2.22. The Morgan fingerprint density at radius 3 is 2.26 bits per heavy atom. The predicted molar refractivity (Wildman–Crippen MR) is 119 cm³/mol. The zero-order valence-corrected chi connectivity index (χ0v) is 16.9. The van der Waals surface area contributed by atoms with Crippen molar-refractivity contribution >= 4 is 34.7 Å². The number of rotatable bonds is 5. The van der Waals surface area contributed by atoms with Crippen molar-refractivity contribution in [2.75, 3.05) is 24.9 Å². The van der Waals surface area contributed by atoms with E-state index in [1.54, 1.807) is 43.5 Å². The van der Waals surface area contributed by atoms with Crippen LogP contribution in [0.25, 0.3) is 17.2 Å². The number of amides is 1. The maximum atomic E-state index is 12.8. The van der Waals surface area contributed by atoms with Gasteiger partial charge in [0, 0.05) is 17.7 Å². The van der Waals surface area contributed by atoms with Crippen LogP contribution in [0.4, 0.5) is 22.7 Å². The number of nitrogens with one attached hydrogen (secondary N) is 2. The molecule has 4 rings (SSSR count). The average Bonchev–Trinajstić information content (AvgIpc) is 2.92. The van der Waals surface area contributed by atoms with Crippen LogP contribution in [0.2, 0.25) is 0 Å². The Bertz CT molecular complexity index is 1240. The van der Waals surface area contributed by atoms with Gasteiger partial charge in [-0.25, -0.2) is 0 Å². The SMILES string of the molecule is C=Cc1cc2c(cc1OC)NC(=O)c1ccc(-c3ccc([N+](=O)[O-])c(OC)c3)cc1N2. The maximum Gasteiger partial charge on any atom is 0.310 e. The van der Waals surface area contributed by atoms with E-state index in [4.69, 9.17) is 9.47 Å². The minimum atomic E-state index is -0.492. The maximum absolute atomic E-state index is 12.8. The van der Waals surface area contributed by atoms with Crippen LogP contribution in [0.5, 0.6) is 11.5 Å². The van der Waals surface area contributed by atoms with Gasteiger partial charge in [0.15, 0.2) is 5.75 Å². The number of nitro benzene ring substituents is 1. The fraction of sp³-hybridized carbons (Fsp3) is 0.0870. The Morgan fingerprint density at radius 1 is 0.903 bits per heavy atom. The Labute approximate surface area is 178 Å². The highest BCUT2D eigenvalue weighted by Crippen LogP contribution is 2.39. The van der Waals surface area contributed by atoms with Crippen LogP contribution in [0.15, 0.2) is 55.1 Å². The minimum absolute atomic E-state index is 0.113. The Balaban J connectivity index is 1.80. The third-order valence-corrected chi connectivity index (χ3v) is 5.08. The third-order valence-electron chi connectivity index (χ3n) is 5.08. The molecule has 31 heavy (non-hydrogen) atoms. The van der Waals surface area contributed by atoms with Gasteiger partial charge in [0.25, 0.3) is 5.91 Å². The summed E-state index contributed by atoms with van der Waals surface area (Å²) in [5.41, 5.74) is 4.51. The number of carbonyl (C=O) groups is 1. The molecule has 0 aromatic heterocycles. The molecule has 1 aliphatic heterocycles. The zero-order chi connectivity index (χ0) is 22.1. The fourth-order valence-corrected chi connectivity index (χ4v) is 3.51. The molecule has 0 atom stereocenters. The first-order valence-electron chi connectivity index (χ1n) is 9.35. The summed E-state index contributed by atoms with van der Waals surface area (Å²) in [5, 5.41) is 17.4. The molecule has 0 bridgehead atoms. The predicted octanol–water partition coefficient (Wildman–Crippen LogP) is 5.23. The monoisotopic (exact) mass is 417 g/mol. The van der Waals surface area contributed by atoms with Crippen molar-refractivity contribution in [1.82, 2.24) is 0 Å². The summed E-state index contributed by atoms with van der Waals surface area (Å²) in [6, 6.07) is 13.5. The molecule has 3 aromatic carbocycles. The lowest BCUT2D eigenvalue weighted by Crippen LogP contribution is -2.10. The smallest absolute Gasteiger partial charge is 0.310 e. The molecule has 8 nitrogen and oxygen atoms in total. The number of hydrogen-bond donors (Lipinski definition) is 2. The van der Waals surface area contributed by atoms with E-state index in [9.17, 15) is 14.9 Å². The summed E-state index contributed by atoms with van der Waals surface area (Å²) >= 11 is 0. The number of anilines is 3. The van der Waals surface area contributed by atoms with Crippen LogP contribution >= 0.6 is 0 Å². The van der Waals surface area contributed by atoms with Crippen molar-refractivity contribution in [3.63, 3.8) is 0 Å². The summed E-state index contributed by atoms with van der Waals surface area (Å²) in [6.45, 7) is 3.81. The lowest BCUT2D eigenvalue weighted by molar-refractivity contribution is -0.385. The van der Waals surface area contributed by atoms with Gasteiger partial charge in [-0.2, -0.15) is 0 Å². The van der Waals surface area contributed by atoms with E-state index in [1.165, 1.54) is 13.2 Å². The molecule has 2 N–H and O–H groups in total. The van der Waals surface area contributed by atoms with E-state index in [2.05, 4.69) is 17.2 Å². The number of methoxy groups -OCH3 is 2. The molecule has 0 saturated heterocycles. The third kappa shape index (κ3) is 3.55. The largest absolute Gasteiger partial charge is 0.496 e. The van der Waals surface area contributed by atoms with Crippen LogP contribution in [0.3, 0.4) is 0 Å². The quantitative estimate of drug-likeness (QED) is 0.435. The van der Waals surface area contributed by atoms with Gasteiger partial charge in [0.1, 0.15) is 5.75 Å². The van der Waals surface area contributed by atoms with Crippen LogP contribution < -0.4 is 20.1 Å². The summed E-state index contributed by atoms with van der Waals surface area (Å²) in [7, 11) is 2.94. The van der Waals surface area contributed by atoms with Crippen LogP contribution in [-0.4, -0.2) is 25.1 Å². The lowest BCUT2D eigenvalue weighted by atomic mass is 10.0. The lowest BCUT2D eigenvalue weighted by Gasteiger charge is -2.13. The Hall–Kier alpha value is -4.33. The highest BCUT2D eigenvalue weighted by molar-refractivity contribution is 6.12. The molecule has 0 fully saturated rings. The molecule has 8 heteroatoms. The van der Waals surface area contributed by atoms with Crippen LogP contribution in [0, 0.1) is 10.1 Å². The van der Waals surface area contributed by atoms with Gasteiger partial charge >= 0.3 is 5.69 Å². The molecule has 1 amide bonds. The molecule has 0 aliphatic carbocycles. The Kier molecular flexibility index (Phi) is 5.04. The number of fused-ring (bicyclic) bond motifs is 2. The van der Waals surface area contributed by atoms with Gasteiger partial charge < -0.3 is 20.1 Å². The molecule has 1 heterocycles. The van der Waals surface area contributed by atoms with Crippen molar-refractivity contribution in [2.24, 2.45) is 0 Å². The van der Waals surface area contributed by atoms with Crippen molar-refractivity contribution in [3.8, 4) is 22.6 Å². The first kappa shape index (κ1) is 20.0. The summed E-state index contributed by atoms with van der Waals surface area (Å²) in [6.07, 6.45) is 1.67. The van der Waals surface area contributed by atoms with Gasteiger partial charge in [-0.1, -0.05) is 18.7 Å². The molecular formula is C23H19N3O5. The first-order valence-corrected chi connectivity index (χ1v) is 9.35. The number of benzene rings is 3. The van der Waals surface area contributed by atoms with Crippen LogP contribution in [0.1, 0.15) is 15.9 Å². The van der Waals surface area contributed by atoms with E-state index >= 15 is 0 Å². The second-order valence-electron chi connectivity index (χ2n) is 6.83. The average molecular weight is 417 g/mol. The zero-order valence-electron chi connectivity index (χ0n) is 16.9. The standard InChI is InChI=1S/C23H19N3O5/c1-4-13-9-18-19(12-21(13)30-2)25-23(27)16-7-5-14(10-17(16)24-18)15-6-8-20(26(28)29)22(11-15)31-3/h4-12,24H,1H2,2-3H3,(H,25,27). The summed E-state index contributed by atoms with van der Waals surface area (Å²) < 4.78 is 10.5. The van der Waals surface area contributed by atoms with E-state index in [0.717, 1.165) is 16.7 Å². The molecule has 0 unspecified atom stereocenters. The van der Waals surface area contributed by atoms with E-state index in [1.807, 2.05) is 12.1 Å². The number of carbonyl (C=O) groups excluding carboxylic acids is 1. The molecule has 0 radical (unpaired) electrons. The highest BCUT2D eigenvalue weighted by atomic mass is 16.6. The first-order chi connectivity index (χ1) is 14.9. The van der Waals surface area contributed by atoms with Gasteiger partial charge in [0.05, 0.1) is 41.8 Å². The second-order valence-corrected chi connectivity index (χ2v) is 6.83. The van der Waals surface area contributed by atoms with E-state index in [-0.39, 0.29) is 17.3 Å². The van der Waals surface area contributed by atoms with Gasteiger partial charge in [-0.3, -0.25) is 14.9 Å². The van der Waals surface area contributed by atoms with E-state index < -0.39 is 4.92 Å². The molecule has 0 spiro atoms. The van der Waals surface area contributed by atoms with Crippen LogP contribution in [-0.2, 0) is 0 Å². The summed E-state index contributed by atoms with van der Waals surface area (Å²) in [4.78, 5) is 23.5. The van der Waals surface area contributed by atoms with Gasteiger partial charge in [-0.15, -0.1) is 0 Å². The molecule has 3 aromatic rings. The summed E-state index contributed by atoms with van der Waals surface area (Å²) in [5.74, 6) is 0.499. The van der Waals surface area contributed by atoms with Crippen molar-refractivity contribution in [2.45, 2.75) is 0 Å². The molecule has 0 saturated carbocycles. The van der Waals surface area contributed by atoms with Crippen molar-refractivity contribution in [3.05, 3.63) is 76.4 Å². The van der Waals surface area contributed by atoms with E-state index in [0.29, 0.717) is 28.4 Å². The van der Waals surface area contributed by atoms with Gasteiger partial charge in [-0.05, 0) is 41.5 Å². The number of hydrogen-bond acceptors (Lipinski definition) is 6. The van der Waals surface area contributed by atoms with Gasteiger partial charge in [0.2, 0.25) is 0 Å². The minimum Gasteiger partial charge on any atom is -0.496 e. The number of ether oxygens (including phenoxy) is 2. The molecule has 1 aliphatic rings. The number of nitrogens with zero attached hydrogens (tertiary/aromatic N) is 1. The van der Waals surface area contributed by atoms with Crippen molar-refractivity contribution in [1.29, 1.82) is 0 Å². The second kappa shape index (κ2) is 7.83. The van der Waals surface area contributed by atoms with Crippen molar-refractivity contribution < 1.29 is 19.2 Å². The topological polar surface area (TPSA) is 103 Å². The number of nitro groups is 1. The molecule has 156 valence electrons. The normalized spacial score (nSPS) is 11.9. The molecular weight excluding hydrogens is 398 g/mol. The Morgan fingerprint density at radius 2 is 1.58 bits per heavy atom.